The maximum absolute atomic E-state index is 10.9. The molecule has 0 amide bonds. The van der Waals surface area contributed by atoms with Crippen molar-refractivity contribution < 1.29 is 9.90 Å². The number of benzene rings is 1. The first-order chi connectivity index (χ1) is 8.65. The fourth-order valence-corrected chi connectivity index (χ4v) is 3.10. The van der Waals surface area contributed by atoms with Gasteiger partial charge in [-0.15, -0.1) is 0 Å². The highest BCUT2D eigenvalue weighted by atomic mass is 32.1. The normalized spacial score (nSPS) is 13.2. The Labute approximate surface area is 108 Å². The summed E-state index contributed by atoms with van der Waals surface area (Å²) < 4.78 is 3.19. The number of fused-ring (bicyclic) bond motifs is 3. The number of rotatable bonds is 3. The van der Waals surface area contributed by atoms with Crippen LogP contribution in [0.2, 0.25) is 0 Å². The number of thiazole rings is 1. The monoisotopic (exact) mass is 260 g/mol. The highest BCUT2D eigenvalue weighted by molar-refractivity contribution is 7.23. The minimum atomic E-state index is -0.754. The van der Waals surface area contributed by atoms with Crippen LogP contribution in [0.25, 0.3) is 15.2 Å². The molecule has 1 unspecified atom stereocenters. The molecule has 0 aliphatic rings. The fraction of sp³-hybridized carbons (Fsp3) is 0.231. The van der Waals surface area contributed by atoms with Crippen LogP contribution in [-0.2, 0) is 11.2 Å². The van der Waals surface area contributed by atoms with E-state index in [9.17, 15) is 4.79 Å². The van der Waals surface area contributed by atoms with E-state index in [4.69, 9.17) is 5.11 Å². The summed E-state index contributed by atoms with van der Waals surface area (Å²) in [7, 11) is 0. The van der Waals surface area contributed by atoms with Gasteiger partial charge in [0.05, 0.1) is 16.1 Å². The standard InChI is InChI=1S/C13H12N2O2S/c1-8(12(16)17)6-9-2-3-10-11(7-9)18-13-14-4-5-15(10)13/h2-5,7-8H,6H2,1H3,(H,16,17). The number of carboxylic acids is 1. The second-order valence-corrected chi connectivity index (χ2v) is 5.44. The molecule has 0 bridgehead atoms. The van der Waals surface area contributed by atoms with Crippen molar-refractivity contribution in [1.29, 1.82) is 0 Å². The van der Waals surface area contributed by atoms with E-state index in [1.165, 1.54) is 0 Å². The third kappa shape index (κ3) is 1.76. The summed E-state index contributed by atoms with van der Waals surface area (Å²) in [5.74, 6) is -1.11. The average Bonchev–Trinajstić information content (AvgIpc) is 2.88. The molecule has 5 heteroatoms. The van der Waals surface area contributed by atoms with Crippen LogP contribution in [0, 0.1) is 5.92 Å². The van der Waals surface area contributed by atoms with Gasteiger partial charge in [-0.2, -0.15) is 0 Å². The van der Waals surface area contributed by atoms with E-state index >= 15 is 0 Å². The number of carbonyl (C=O) groups is 1. The van der Waals surface area contributed by atoms with E-state index in [-0.39, 0.29) is 5.92 Å². The first kappa shape index (κ1) is 11.2. The molecule has 2 heterocycles. The van der Waals surface area contributed by atoms with Gasteiger partial charge in [0.1, 0.15) is 0 Å². The summed E-state index contributed by atoms with van der Waals surface area (Å²) in [6.45, 7) is 1.73. The van der Waals surface area contributed by atoms with Crippen molar-refractivity contribution in [1.82, 2.24) is 9.38 Å². The summed E-state index contributed by atoms with van der Waals surface area (Å²) in [4.78, 5) is 16.1. The maximum atomic E-state index is 10.9. The molecule has 0 saturated heterocycles. The van der Waals surface area contributed by atoms with Crippen molar-refractivity contribution in [3.8, 4) is 0 Å². The Hall–Kier alpha value is -1.88. The minimum Gasteiger partial charge on any atom is -0.481 e. The molecule has 4 nitrogen and oxygen atoms in total. The molecular formula is C13H12N2O2S. The Bertz CT molecular complexity index is 729. The Morgan fingerprint density at radius 3 is 3.17 bits per heavy atom. The van der Waals surface area contributed by atoms with Gasteiger partial charge in [-0.25, -0.2) is 4.98 Å². The molecule has 92 valence electrons. The molecule has 1 aromatic carbocycles. The number of nitrogens with zero attached hydrogens (tertiary/aromatic N) is 2. The van der Waals surface area contributed by atoms with E-state index < -0.39 is 5.97 Å². The molecule has 0 fully saturated rings. The summed E-state index contributed by atoms with van der Waals surface area (Å²) >= 11 is 1.62. The topological polar surface area (TPSA) is 54.6 Å². The number of aromatic nitrogens is 2. The van der Waals surface area contributed by atoms with Gasteiger partial charge in [0.2, 0.25) is 0 Å². The summed E-state index contributed by atoms with van der Waals surface area (Å²) in [5, 5.41) is 8.93. The van der Waals surface area contributed by atoms with Gasteiger partial charge in [-0.3, -0.25) is 9.20 Å². The number of hydrogen-bond acceptors (Lipinski definition) is 3. The van der Waals surface area contributed by atoms with E-state index in [1.807, 2.05) is 22.7 Å². The minimum absolute atomic E-state index is 0.355. The van der Waals surface area contributed by atoms with Crippen LogP contribution in [0.1, 0.15) is 12.5 Å². The number of aliphatic carboxylic acids is 1. The molecule has 1 atom stereocenters. The highest BCUT2D eigenvalue weighted by Gasteiger charge is 2.13. The van der Waals surface area contributed by atoms with Gasteiger partial charge in [-0.05, 0) is 24.1 Å². The van der Waals surface area contributed by atoms with Crippen LogP contribution in [0.4, 0.5) is 0 Å². The van der Waals surface area contributed by atoms with E-state index in [0.717, 1.165) is 20.7 Å². The van der Waals surface area contributed by atoms with Gasteiger partial charge in [0, 0.05) is 12.4 Å². The SMILES string of the molecule is CC(Cc1ccc2c(c1)sc1nccn12)C(=O)O. The molecule has 3 aromatic rings. The smallest absolute Gasteiger partial charge is 0.306 e. The van der Waals surface area contributed by atoms with Gasteiger partial charge in [0.15, 0.2) is 4.96 Å². The van der Waals surface area contributed by atoms with Crippen molar-refractivity contribution in [3.05, 3.63) is 36.2 Å². The van der Waals surface area contributed by atoms with E-state index in [0.29, 0.717) is 6.42 Å². The molecule has 2 aromatic heterocycles. The van der Waals surface area contributed by atoms with Gasteiger partial charge in [-0.1, -0.05) is 24.3 Å². The van der Waals surface area contributed by atoms with Crippen LogP contribution >= 0.6 is 11.3 Å². The maximum Gasteiger partial charge on any atom is 0.306 e. The third-order valence-corrected chi connectivity index (χ3v) is 4.09. The van der Waals surface area contributed by atoms with Crippen molar-refractivity contribution in [2.24, 2.45) is 5.92 Å². The Morgan fingerprint density at radius 1 is 1.56 bits per heavy atom. The molecular weight excluding hydrogens is 248 g/mol. The van der Waals surface area contributed by atoms with Crippen molar-refractivity contribution in [2.45, 2.75) is 13.3 Å². The predicted molar refractivity (Wildman–Crippen MR) is 71.1 cm³/mol. The lowest BCUT2D eigenvalue weighted by molar-refractivity contribution is -0.141. The Kier molecular flexibility index (Phi) is 2.56. The molecule has 0 saturated carbocycles. The molecule has 0 radical (unpaired) electrons. The largest absolute Gasteiger partial charge is 0.481 e. The molecule has 0 aliphatic heterocycles. The quantitative estimate of drug-likeness (QED) is 0.787. The van der Waals surface area contributed by atoms with Crippen molar-refractivity contribution >= 4 is 32.5 Å². The molecule has 0 spiro atoms. The lowest BCUT2D eigenvalue weighted by atomic mass is 10.0. The first-order valence-corrected chi connectivity index (χ1v) is 6.54. The Balaban J connectivity index is 2.02. The van der Waals surface area contributed by atoms with Crippen LogP contribution in [0.5, 0.6) is 0 Å². The summed E-state index contributed by atoms with van der Waals surface area (Å²) in [6, 6.07) is 6.09. The lowest BCUT2D eigenvalue weighted by Crippen LogP contribution is -2.12. The second-order valence-electron chi connectivity index (χ2n) is 4.43. The zero-order valence-corrected chi connectivity index (χ0v) is 10.6. The highest BCUT2D eigenvalue weighted by Crippen LogP contribution is 2.27. The lowest BCUT2D eigenvalue weighted by Gasteiger charge is -2.05. The summed E-state index contributed by atoms with van der Waals surface area (Å²) in [6.07, 6.45) is 4.28. The zero-order chi connectivity index (χ0) is 12.7. The first-order valence-electron chi connectivity index (χ1n) is 5.72. The van der Waals surface area contributed by atoms with Crippen LogP contribution in [0.15, 0.2) is 30.6 Å². The van der Waals surface area contributed by atoms with Crippen LogP contribution < -0.4 is 0 Å². The van der Waals surface area contributed by atoms with Gasteiger partial charge in [0.25, 0.3) is 0 Å². The number of hydrogen-bond donors (Lipinski definition) is 1. The summed E-state index contributed by atoms with van der Waals surface area (Å²) in [5.41, 5.74) is 2.18. The van der Waals surface area contributed by atoms with E-state index in [2.05, 4.69) is 11.1 Å². The van der Waals surface area contributed by atoms with Crippen molar-refractivity contribution in [3.63, 3.8) is 0 Å². The number of carboxylic acid groups (broad SMARTS) is 1. The average molecular weight is 260 g/mol. The molecule has 3 rings (SSSR count). The number of imidazole rings is 1. The third-order valence-electron chi connectivity index (χ3n) is 3.06. The van der Waals surface area contributed by atoms with E-state index in [1.54, 1.807) is 24.5 Å². The van der Waals surface area contributed by atoms with Gasteiger partial charge >= 0.3 is 5.97 Å². The second kappa shape index (κ2) is 4.10. The molecule has 1 N–H and O–H groups in total. The molecule has 0 aliphatic carbocycles. The Morgan fingerprint density at radius 2 is 2.39 bits per heavy atom. The predicted octanol–water partition coefficient (Wildman–Crippen LogP) is 2.81. The van der Waals surface area contributed by atoms with Crippen LogP contribution in [0.3, 0.4) is 0 Å². The van der Waals surface area contributed by atoms with Gasteiger partial charge < -0.3 is 5.11 Å². The molecule has 18 heavy (non-hydrogen) atoms. The van der Waals surface area contributed by atoms with Crippen molar-refractivity contribution in [2.75, 3.05) is 0 Å². The fourth-order valence-electron chi connectivity index (χ4n) is 2.05. The van der Waals surface area contributed by atoms with Crippen LogP contribution in [-0.4, -0.2) is 20.5 Å². The zero-order valence-electron chi connectivity index (χ0n) is 9.83.